The van der Waals surface area contributed by atoms with Crippen LogP contribution in [0.5, 0.6) is 0 Å². The van der Waals surface area contributed by atoms with E-state index in [1.54, 1.807) is 11.3 Å². The Morgan fingerprint density at radius 3 is 2.88 bits per heavy atom. The number of thiophene rings is 1. The molecule has 0 radical (unpaired) electrons. The molecule has 2 aromatic heterocycles. The summed E-state index contributed by atoms with van der Waals surface area (Å²) in [6.45, 7) is 5.62. The van der Waals surface area contributed by atoms with Gasteiger partial charge in [-0.1, -0.05) is 11.3 Å². The van der Waals surface area contributed by atoms with Gasteiger partial charge in [0.2, 0.25) is 0 Å². The monoisotopic (exact) mass is 369 g/mol. The quantitative estimate of drug-likeness (QED) is 0.725. The van der Waals surface area contributed by atoms with Crippen LogP contribution in [0, 0.1) is 0 Å². The molecule has 0 bridgehead atoms. The Labute approximate surface area is 156 Å². The molecule has 3 aromatic rings. The molecular formula is C19H23N5OS. The Bertz CT molecular complexity index is 883. The SMILES string of the molecule is CCn1nnc2cc(C(=O)NCC(c3cccs3)N3CCCC3)ccc21. The van der Waals surface area contributed by atoms with Gasteiger partial charge in [-0.2, -0.15) is 0 Å². The lowest BCUT2D eigenvalue weighted by Crippen LogP contribution is -2.36. The number of hydrogen-bond donors (Lipinski definition) is 1. The molecule has 0 aliphatic carbocycles. The van der Waals surface area contributed by atoms with Gasteiger partial charge in [-0.05, 0) is 62.5 Å². The first kappa shape index (κ1) is 17.2. The zero-order chi connectivity index (χ0) is 17.9. The zero-order valence-corrected chi connectivity index (χ0v) is 15.7. The lowest BCUT2D eigenvalue weighted by molar-refractivity contribution is 0.0938. The summed E-state index contributed by atoms with van der Waals surface area (Å²) in [5.41, 5.74) is 2.35. The number of nitrogens with one attached hydrogen (secondary N) is 1. The number of amides is 1. The highest BCUT2D eigenvalue weighted by Crippen LogP contribution is 2.28. The Morgan fingerprint density at radius 1 is 1.31 bits per heavy atom. The minimum atomic E-state index is -0.0568. The molecule has 6 nitrogen and oxygen atoms in total. The van der Waals surface area contributed by atoms with Crippen LogP contribution >= 0.6 is 11.3 Å². The fourth-order valence-corrected chi connectivity index (χ4v) is 4.44. The lowest BCUT2D eigenvalue weighted by Gasteiger charge is -2.26. The van der Waals surface area contributed by atoms with E-state index >= 15 is 0 Å². The van der Waals surface area contributed by atoms with Gasteiger partial charge in [-0.25, -0.2) is 4.68 Å². The van der Waals surface area contributed by atoms with Gasteiger partial charge in [-0.15, -0.1) is 16.4 Å². The Hall–Kier alpha value is -2.25. The molecule has 1 aliphatic rings. The number of nitrogens with zero attached hydrogens (tertiary/aromatic N) is 4. The standard InChI is InChI=1S/C19H23N5OS/c1-2-24-16-8-7-14(12-15(16)21-22-24)19(25)20-13-17(18-6-5-11-26-18)23-9-3-4-10-23/h5-8,11-12,17H,2-4,9-10,13H2,1H3,(H,20,25). The molecule has 3 heterocycles. The number of aromatic nitrogens is 3. The lowest BCUT2D eigenvalue weighted by atomic mass is 10.1. The van der Waals surface area contributed by atoms with Crippen molar-refractivity contribution in [2.24, 2.45) is 0 Å². The van der Waals surface area contributed by atoms with E-state index in [1.807, 2.05) is 29.8 Å². The molecule has 1 amide bonds. The van der Waals surface area contributed by atoms with Gasteiger partial charge >= 0.3 is 0 Å². The van der Waals surface area contributed by atoms with Crippen molar-refractivity contribution in [3.05, 3.63) is 46.2 Å². The van der Waals surface area contributed by atoms with E-state index in [-0.39, 0.29) is 11.9 Å². The Morgan fingerprint density at radius 2 is 2.15 bits per heavy atom. The van der Waals surface area contributed by atoms with E-state index in [9.17, 15) is 4.79 Å². The average Bonchev–Trinajstić information content (AvgIpc) is 3.42. The molecule has 136 valence electrons. The van der Waals surface area contributed by atoms with E-state index < -0.39 is 0 Å². The molecule has 4 rings (SSSR count). The second kappa shape index (κ2) is 7.55. The smallest absolute Gasteiger partial charge is 0.251 e. The van der Waals surface area contributed by atoms with Crippen LogP contribution in [-0.4, -0.2) is 45.4 Å². The largest absolute Gasteiger partial charge is 0.350 e. The molecule has 26 heavy (non-hydrogen) atoms. The van der Waals surface area contributed by atoms with Crippen LogP contribution in [0.3, 0.4) is 0 Å². The molecule has 1 N–H and O–H groups in total. The van der Waals surface area contributed by atoms with Gasteiger partial charge in [0, 0.05) is 23.5 Å². The number of rotatable bonds is 6. The number of carbonyl (C=O) groups excluding carboxylic acids is 1. The topological polar surface area (TPSA) is 63.1 Å². The number of likely N-dealkylation sites (tertiary alicyclic amines) is 1. The number of benzene rings is 1. The summed E-state index contributed by atoms with van der Waals surface area (Å²) in [6, 6.07) is 10.1. The van der Waals surface area contributed by atoms with E-state index in [1.165, 1.54) is 17.7 Å². The fourth-order valence-electron chi connectivity index (χ4n) is 3.58. The molecule has 0 spiro atoms. The van der Waals surface area contributed by atoms with E-state index in [2.05, 4.69) is 38.0 Å². The van der Waals surface area contributed by atoms with Gasteiger partial charge in [0.15, 0.2) is 0 Å². The molecule has 1 unspecified atom stereocenters. The predicted molar refractivity (Wildman–Crippen MR) is 103 cm³/mol. The van der Waals surface area contributed by atoms with Gasteiger partial charge in [-0.3, -0.25) is 9.69 Å². The van der Waals surface area contributed by atoms with Crippen LogP contribution in [-0.2, 0) is 6.54 Å². The summed E-state index contributed by atoms with van der Waals surface area (Å²) in [4.78, 5) is 16.5. The van der Waals surface area contributed by atoms with Crippen LogP contribution < -0.4 is 5.32 Å². The third-order valence-corrected chi connectivity index (χ3v) is 5.96. The van der Waals surface area contributed by atoms with Crippen molar-refractivity contribution in [2.75, 3.05) is 19.6 Å². The molecule has 1 aromatic carbocycles. The minimum Gasteiger partial charge on any atom is -0.350 e. The maximum Gasteiger partial charge on any atom is 0.251 e. The number of fused-ring (bicyclic) bond motifs is 1. The predicted octanol–water partition coefficient (Wildman–Crippen LogP) is 3.08. The maximum absolute atomic E-state index is 12.7. The molecule has 7 heteroatoms. The van der Waals surface area contributed by atoms with Crippen molar-refractivity contribution in [1.29, 1.82) is 0 Å². The Kier molecular flexibility index (Phi) is 4.99. The van der Waals surface area contributed by atoms with Gasteiger partial charge < -0.3 is 5.32 Å². The van der Waals surface area contributed by atoms with Crippen molar-refractivity contribution in [1.82, 2.24) is 25.2 Å². The first-order valence-electron chi connectivity index (χ1n) is 9.15. The highest BCUT2D eigenvalue weighted by Gasteiger charge is 2.24. The van der Waals surface area contributed by atoms with Crippen molar-refractivity contribution >= 4 is 28.3 Å². The summed E-state index contributed by atoms with van der Waals surface area (Å²) in [5.74, 6) is -0.0568. The summed E-state index contributed by atoms with van der Waals surface area (Å²) in [6.07, 6.45) is 2.47. The second-order valence-electron chi connectivity index (χ2n) is 6.59. The van der Waals surface area contributed by atoms with Crippen LogP contribution in [0.2, 0.25) is 0 Å². The van der Waals surface area contributed by atoms with Crippen molar-refractivity contribution < 1.29 is 4.79 Å². The second-order valence-corrected chi connectivity index (χ2v) is 7.57. The average molecular weight is 369 g/mol. The zero-order valence-electron chi connectivity index (χ0n) is 14.9. The summed E-state index contributed by atoms with van der Waals surface area (Å²) in [5, 5.41) is 13.5. The molecule has 1 saturated heterocycles. The fraction of sp³-hybridized carbons (Fsp3) is 0.421. The van der Waals surface area contributed by atoms with Gasteiger partial charge in [0.05, 0.1) is 11.6 Å². The normalized spacial score (nSPS) is 16.2. The molecule has 1 aliphatic heterocycles. The van der Waals surface area contributed by atoms with Gasteiger partial charge in [0.1, 0.15) is 5.52 Å². The number of carbonyl (C=O) groups is 1. The van der Waals surface area contributed by atoms with E-state index in [0.29, 0.717) is 12.1 Å². The van der Waals surface area contributed by atoms with Crippen LogP contribution in [0.1, 0.15) is 41.0 Å². The minimum absolute atomic E-state index is 0.0568. The van der Waals surface area contributed by atoms with E-state index in [0.717, 1.165) is 30.7 Å². The van der Waals surface area contributed by atoms with Crippen LogP contribution in [0.25, 0.3) is 11.0 Å². The number of hydrogen-bond acceptors (Lipinski definition) is 5. The first-order valence-corrected chi connectivity index (χ1v) is 10.0. The van der Waals surface area contributed by atoms with Crippen molar-refractivity contribution in [3.63, 3.8) is 0 Å². The molecular weight excluding hydrogens is 346 g/mol. The van der Waals surface area contributed by atoms with Crippen molar-refractivity contribution in [3.8, 4) is 0 Å². The third-order valence-electron chi connectivity index (χ3n) is 4.98. The number of aryl methyl sites for hydroxylation is 1. The molecule has 1 fully saturated rings. The summed E-state index contributed by atoms with van der Waals surface area (Å²) >= 11 is 1.76. The van der Waals surface area contributed by atoms with E-state index in [4.69, 9.17) is 0 Å². The summed E-state index contributed by atoms with van der Waals surface area (Å²) < 4.78 is 1.83. The first-order chi connectivity index (χ1) is 12.8. The highest BCUT2D eigenvalue weighted by molar-refractivity contribution is 7.10. The highest BCUT2D eigenvalue weighted by atomic mass is 32.1. The third kappa shape index (κ3) is 3.37. The van der Waals surface area contributed by atoms with Gasteiger partial charge in [0.25, 0.3) is 5.91 Å². The molecule has 0 saturated carbocycles. The van der Waals surface area contributed by atoms with Crippen LogP contribution in [0.15, 0.2) is 35.7 Å². The summed E-state index contributed by atoms with van der Waals surface area (Å²) in [7, 11) is 0. The van der Waals surface area contributed by atoms with Crippen LogP contribution in [0.4, 0.5) is 0 Å². The van der Waals surface area contributed by atoms with Crippen molar-refractivity contribution in [2.45, 2.75) is 32.4 Å². The maximum atomic E-state index is 12.7. The Balaban J connectivity index is 1.48. The molecule has 1 atom stereocenters.